The van der Waals surface area contributed by atoms with Crippen molar-refractivity contribution in [2.45, 2.75) is 26.2 Å². The van der Waals surface area contributed by atoms with Crippen LogP contribution in [0.15, 0.2) is 42.5 Å². The Hall–Kier alpha value is -1.61. The molecule has 3 nitrogen and oxygen atoms in total. The minimum absolute atomic E-state index is 0.0854. The van der Waals surface area contributed by atoms with Crippen LogP contribution in [0.5, 0.6) is 0 Å². The fourth-order valence-corrected chi connectivity index (χ4v) is 2.08. The van der Waals surface area contributed by atoms with Gasteiger partial charge in [-0.2, -0.15) is 0 Å². The quantitative estimate of drug-likeness (QED) is 0.740. The fourth-order valence-electron chi connectivity index (χ4n) is 2.08. The summed E-state index contributed by atoms with van der Waals surface area (Å²) in [5, 5.41) is 2.95. The van der Waals surface area contributed by atoms with Crippen molar-refractivity contribution < 1.29 is 4.79 Å². The highest BCUT2D eigenvalue weighted by atomic mass is 16.1. The molecule has 0 bridgehead atoms. The topological polar surface area (TPSA) is 55.1 Å². The van der Waals surface area contributed by atoms with Gasteiger partial charge >= 0.3 is 0 Å². The molecular formula is C16H24N2O. The first-order valence-electron chi connectivity index (χ1n) is 6.88. The molecule has 2 atom stereocenters. The van der Waals surface area contributed by atoms with Gasteiger partial charge in [0, 0.05) is 13.1 Å². The maximum Gasteiger partial charge on any atom is 0.228 e. The van der Waals surface area contributed by atoms with E-state index in [0.29, 0.717) is 19.0 Å². The zero-order chi connectivity index (χ0) is 14.1. The Balaban J connectivity index is 2.75. The summed E-state index contributed by atoms with van der Waals surface area (Å²) in [4.78, 5) is 12.3. The molecule has 0 radical (unpaired) electrons. The average molecular weight is 260 g/mol. The van der Waals surface area contributed by atoms with Crippen molar-refractivity contribution in [1.82, 2.24) is 5.32 Å². The molecule has 1 rings (SSSR count). The molecule has 1 aromatic carbocycles. The predicted octanol–water partition coefficient (Wildman–Crippen LogP) is 2.45. The molecule has 0 saturated heterocycles. The summed E-state index contributed by atoms with van der Waals surface area (Å²) in [6.07, 6.45) is 4.71. The average Bonchev–Trinajstić information content (AvgIpc) is 2.45. The maximum atomic E-state index is 12.3. The van der Waals surface area contributed by atoms with Gasteiger partial charge in [0.2, 0.25) is 5.91 Å². The summed E-state index contributed by atoms with van der Waals surface area (Å²) < 4.78 is 0. The highest BCUT2D eigenvalue weighted by Crippen LogP contribution is 2.26. The first-order valence-corrected chi connectivity index (χ1v) is 6.88. The van der Waals surface area contributed by atoms with E-state index < -0.39 is 0 Å². The first-order chi connectivity index (χ1) is 9.20. The summed E-state index contributed by atoms with van der Waals surface area (Å²) in [7, 11) is 0. The molecule has 0 saturated carbocycles. The number of carbonyl (C=O) groups excluding carboxylic acids is 1. The molecule has 0 fully saturated rings. The Morgan fingerprint density at radius 2 is 2.00 bits per heavy atom. The minimum Gasteiger partial charge on any atom is -0.352 e. The van der Waals surface area contributed by atoms with E-state index in [1.54, 1.807) is 0 Å². The second-order valence-corrected chi connectivity index (χ2v) is 4.73. The Bertz CT molecular complexity index is 400. The largest absolute Gasteiger partial charge is 0.352 e. The van der Waals surface area contributed by atoms with Crippen LogP contribution >= 0.6 is 0 Å². The third kappa shape index (κ3) is 4.87. The Labute approximate surface area is 115 Å². The molecule has 1 amide bonds. The van der Waals surface area contributed by atoms with Crippen molar-refractivity contribution in [3.8, 4) is 0 Å². The van der Waals surface area contributed by atoms with Crippen molar-refractivity contribution in [1.29, 1.82) is 0 Å². The third-order valence-corrected chi connectivity index (χ3v) is 3.35. The third-order valence-electron chi connectivity index (χ3n) is 3.35. The number of benzene rings is 1. The monoisotopic (exact) mass is 260 g/mol. The van der Waals surface area contributed by atoms with Gasteiger partial charge in [-0.05, 0) is 11.5 Å². The Morgan fingerprint density at radius 1 is 1.32 bits per heavy atom. The smallest absolute Gasteiger partial charge is 0.228 e. The van der Waals surface area contributed by atoms with Crippen LogP contribution in [-0.2, 0) is 4.79 Å². The van der Waals surface area contributed by atoms with Crippen LogP contribution in [0.1, 0.15) is 31.7 Å². The van der Waals surface area contributed by atoms with Crippen molar-refractivity contribution in [3.63, 3.8) is 0 Å². The van der Waals surface area contributed by atoms with E-state index in [2.05, 4.69) is 19.2 Å². The lowest BCUT2D eigenvalue weighted by atomic mass is 9.85. The molecule has 19 heavy (non-hydrogen) atoms. The fraction of sp³-hybridized carbons (Fsp3) is 0.438. The highest BCUT2D eigenvalue weighted by molar-refractivity contribution is 5.84. The van der Waals surface area contributed by atoms with Gasteiger partial charge in [-0.25, -0.2) is 0 Å². The Kier molecular flexibility index (Phi) is 6.90. The van der Waals surface area contributed by atoms with E-state index in [1.807, 2.05) is 42.5 Å². The number of nitrogens with two attached hydrogens (primary N) is 1. The molecule has 0 spiro atoms. The van der Waals surface area contributed by atoms with E-state index in [4.69, 9.17) is 5.73 Å². The summed E-state index contributed by atoms with van der Waals surface area (Å²) in [5.74, 6) is 0.320. The molecule has 0 aliphatic carbocycles. The number of hydrogen-bond donors (Lipinski definition) is 2. The molecule has 2 unspecified atom stereocenters. The second kappa shape index (κ2) is 8.48. The zero-order valence-electron chi connectivity index (χ0n) is 11.8. The molecule has 3 N–H and O–H groups in total. The molecule has 0 aliphatic rings. The van der Waals surface area contributed by atoms with Crippen molar-refractivity contribution in [3.05, 3.63) is 48.0 Å². The van der Waals surface area contributed by atoms with Crippen LogP contribution in [-0.4, -0.2) is 19.0 Å². The van der Waals surface area contributed by atoms with Crippen molar-refractivity contribution in [2.24, 2.45) is 11.7 Å². The lowest BCUT2D eigenvalue weighted by Gasteiger charge is -2.22. The summed E-state index contributed by atoms with van der Waals surface area (Å²) in [5.41, 5.74) is 6.45. The van der Waals surface area contributed by atoms with Crippen molar-refractivity contribution >= 4 is 5.91 Å². The minimum atomic E-state index is -0.0857. The summed E-state index contributed by atoms with van der Waals surface area (Å²) >= 11 is 0. The summed E-state index contributed by atoms with van der Waals surface area (Å²) in [6, 6.07) is 9.97. The normalized spacial score (nSPS) is 14.3. The zero-order valence-corrected chi connectivity index (χ0v) is 11.8. The lowest BCUT2D eigenvalue weighted by molar-refractivity contribution is -0.123. The molecular weight excluding hydrogens is 236 g/mol. The maximum absolute atomic E-state index is 12.3. The van der Waals surface area contributed by atoms with Gasteiger partial charge in [-0.1, -0.05) is 62.8 Å². The van der Waals surface area contributed by atoms with Gasteiger partial charge in [0.25, 0.3) is 0 Å². The van der Waals surface area contributed by atoms with E-state index in [1.165, 1.54) is 0 Å². The molecule has 3 heteroatoms. The molecule has 0 aliphatic heterocycles. The summed E-state index contributed by atoms with van der Waals surface area (Å²) in [6.45, 7) is 5.27. The first kappa shape index (κ1) is 15.4. The lowest BCUT2D eigenvalue weighted by Crippen LogP contribution is -2.32. The second-order valence-electron chi connectivity index (χ2n) is 4.73. The van der Waals surface area contributed by atoms with Crippen molar-refractivity contribution in [2.75, 3.05) is 13.1 Å². The predicted molar refractivity (Wildman–Crippen MR) is 79.8 cm³/mol. The van der Waals surface area contributed by atoms with E-state index >= 15 is 0 Å². The van der Waals surface area contributed by atoms with Crippen LogP contribution < -0.4 is 11.1 Å². The van der Waals surface area contributed by atoms with Gasteiger partial charge in [0.15, 0.2) is 0 Å². The number of rotatable bonds is 7. The van der Waals surface area contributed by atoms with E-state index in [-0.39, 0.29) is 11.8 Å². The highest BCUT2D eigenvalue weighted by Gasteiger charge is 2.24. The van der Waals surface area contributed by atoms with Gasteiger partial charge in [0.05, 0.1) is 5.92 Å². The Morgan fingerprint density at radius 3 is 2.58 bits per heavy atom. The van der Waals surface area contributed by atoms with Crippen LogP contribution in [0, 0.1) is 5.92 Å². The number of hydrogen-bond acceptors (Lipinski definition) is 2. The van der Waals surface area contributed by atoms with Gasteiger partial charge in [0.1, 0.15) is 0 Å². The van der Waals surface area contributed by atoms with Crippen LogP contribution in [0.25, 0.3) is 0 Å². The van der Waals surface area contributed by atoms with Gasteiger partial charge < -0.3 is 11.1 Å². The number of carbonyl (C=O) groups is 1. The van der Waals surface area contributed by atoms with Gasteiger partial charge in [-0.3, -0.25) is 4.79 Å². The molecule has 0 aromatic heterocycles. The molecule has 1 aromatic rings. The van der Waals surface area contributed by atoms with Crippen LogP contribution in [0.4, 0.5) is 0 Å². The van der Waals surface area contributed by atoms with Gasteiger partial charge in [-0.15, -0.1) is 0 Å². The van der Waals surface area contributed by atoms with E-state index in [0.717, 1.165) is 12.0 Å². The van der Waals surface area contributed by atoms with Crippen LogP contribution in [0.2, 0.25) is 0 Å². The standard InChI is InChI=1S/C16H24N2O/c1-3-13(2)15(14-9-5-4-6-10-14)16(19)18-12-8-7-11-17/h4-10,13,15H,3,11-12,17H2,1-2H3,(H,18,19)/b8-7+. The number of nitrogens with one attached hydrogen (secondary N) is 1. The SMILES string of the molecule is CCC(C)C(C(=O)NC/C=C/CN)c1ccccc1. The molecule has 0 heterocycles. The van der Waals surface area contributed by atoms with Crippen LogP contribution in [0.3, 0.4) is 0 Å². The number of amides is 1. The molecule has 104 valence electrons. The van der Waals surface area contributed by atoms with E-state index in [9.17, 15) is 4.79 Å².